The van der Waals surface area contributed by atoms with Crippen LogP contribution in [0.15, 0.2) is 29.1 Å². The molecule has 0 aliphatic carbocycles. The van der Waals surface area contributed by atoms with E-state index >= 15 is 0 Å². The Morgan fingerprint density at radius 1 is 1.38 bits per heavy atom. The lowest BCUT2D eigenvalue weighted by Gasteiger charge is -2.34. The van der Waals surface area contributed by atoms with Gasteiger partial charge < -0.3 is 9.72 Å². The van der Waals surface area contributed by atoms with E-state index < -0.39 is 0 Å². The molecular weight excluding hydrogens is 306 g/mol. The Balaban J connectivity index is 1.73. The van der Waals surface area contributed by atoms with Crippen LogP contribution in [0.5, 0.6) is 0 Å². The number of aromatic nitrogens is 2. The number of nitrogens with zero attached hydrogens (tertiary/aromatic N) is 2. The zero-order chi connectivity index (χ0) is 17.1. The van der Waals surface area contributed by atoms with Crippen molar-refractivity contribution in [2.45, 2.75) is 32.7 Å². The summed E-state index contributed by atoms with van der Waals surface area (Å²) in [6.07, 6.45) is 1.56. The molecule has 1 aliphatic rings. The highest BCUT2D eigenvalue weighted by molar-refractivity contribution is 5.77. The molecule has 2 aromatic rings. The van der Waals surface area contributed by atoms with Gasteiger partial charge in [-0.2, -0.15) is 0 Å². The molecule has 0 radical (unpaired) electrons. The van der Waals surface area contributed by atoms with E-state index in [4.69, 9.17) is 4.74 Å². The van der Waals surface area contributed by atoms with Gasteiger partial charge in [0.25, 0.3) is 5.56 Å². The number of ether oxygens (including phenoxy) is 1. The van der Waals surface area contributed by atoms with Gasteiger partial charge in [-0.3, -0.25) is 14.5 Å². The molecule has 24 heavy (non-hydrogen) atoms. The average Bonchev–Trinajstić information content (AvgIpc) is 2.61. The lowest BCUT2D eigenvalue weighted by molar-refractivity contribution is -0.149. The van der Waals surface area contributed by atoms with E-state index in [1.54, 1.807) is 6.07 Å². The van der Waals surface area contributed by atoms with Crippen molar-refractivity contribution in [3.63, 3.8) is 0 Å². The Morgan fingerprint density at radius 2 is 2.08 bits per heavy atom. The van der Waals surface area contributed by atoms with E-state index in [0.717, 1.165) is 25.9 Å². The van der Waals surface area contributed by atoms with Crippen molar-refractivity contribution < 1.29 is 9.53 Å². The number of para-hydroxylation sites is 1. The number of piperidine rings is 1. The number of carbonyl (C=O) groups is 1. The molecule has 1 atom stereocenters. The van der Waals surface area contributed by atoms with Crippen LogP contribution in [0, 0.1) is 5.92 Å². The summed E-state index contributed by atoms with van der Waals surface area (Å²) in [4.78, 5) is 33.8. The van der Waals surface area contributed by atoms with Gasteiger partial charge in [-0.25, -0.2) is 4.98 Å². The Morgan fingerprint density at radius 3 is 2.79 bits per heavy atom. The first-order valence-corrected chi connectivity index (χ1v) is 8.49. The number of carbonyl (C=O) groups excluding carboxylic acids is 1. The Labute approximate surface area is 140 Å². The van der Waals surface area contributed by atoms with E-state index in [-0.39, 0.29) is 23.5 Å². The predicted octanol–water partition coefficient (Wildman–Crippen LogP) is 2.26. The van der Waals surface area contributed by atoms with E-state index in [0.29, 0.717) is 23.3 Å². The fraction of sp³-hybridized carbons (Fsp3) is 0.500. The second-order valence-corrected chi connectivity index (χ2v) is 6.21. The third-order valence-corrected chi connectivity index (χ3v) is 4.72. The number of benzene rings is 1. The molecule has 0 saturated carbocycles. The van der Waals surface area contributed by atoms with Crippen molar-refractivity contribution in [3.05, 3.63) is 40.4 Å². The molecule has 6 nitrogen and oxygen atoms in total. The number of likely N-dealkylation sites (tertiary alicyclic amines) is 1. The maximum absolute atomic E-state index is 12.2. The molecule has 1 N–H and O–H groups in total. The summed E-state index contributed by atoms with van der Waals surface area (Å²) in [5, 5.41) is 0.606. The largest absolute Gasteiger partial charge is 0.466 e. The molecule has 1 aromatic carbocycles. The minimum absolute atomic E-state index is 0.00505. The molecule has 1 aromatic heterocycles. The number of aromatic amines is 1. The SMILES string of the molecule is CCOC(=O)C1CCN(C(C)c2nc3ccccc3c(=O)[nH]2)CC1. The van der Waals surface area contributed by atoms with Gasteiger partial charge in [-0.15, -0.1) is 0 Å². The van der Waals surface area contributed by atoms with Gasteiger partial charge >= 0.3 is 5.97 Å². The van der Waals surface area contributed by atoms with Crippen LogP contribution in [0.2, 0.25) is 0 Å². The van der Waals surface area contributed by atoms with E-state index in [9.17, 15) is 9.59 Å². The zero-order valence-corrected chi connectivity index (χ0v) is 14.1. The van der Waals surface area contributed by atoms with Gasteiger partial charge in [0.15, 0.2) is 0 Å². The number of rotatable bonds is 4. The van der Waals surface area contributed by atoms with Crippen LogP contribution in [0.1, 0.15) is 38.6 Å². The third kappa shape index (κ3) is 3.33. The number of H-pyrrole nitrogens is 1. The molecule has 2 heterocycles. The fourth-order valence-corrected chi connectivity index (χ4v) is 3.26. The molecule has 0 bridgehead atoms. The van der Waals surface area contributed by atoms with Crippen molar-refractivity contribution >= 4 is 16.9 Å². The van der Waals surface area contributed by atoms with Crippen molar-refractivity contribution in [1.82, 2.24) is 14.9 Å². The molecule has 6 heteroatoms. The van der Waals surface area contributed by atoms with Crippen LogP contribution in [0.3, 0.4) is 0 Å². The molecule has 128 valence electrons. The number of hydrogen-bond acceptors (Lipinski definition) is 5. The Hall–Kier alpha value is -2.21. The first-order chi connectivity index (χ1) is 11.6. The topological polar surface area (TPSA) is 75.3 Å². The molecular formula is C18H23N3O3. The van der Waals surface area contributed by atoms with Crippen LogP contribution >= 0.6 is 0 Å². The number of esters is 1. The van der Waals surface area contributed by atoms with Crippen LogP contribution in [0.25, 0.3) is 10.9 Å². The summed E-state index contributed by atoms with van der Waals surface area (Å²) in [6, 6.07) is 7.36. The minimum Gasteiger partial charge on any atom is -0.466 e. The second kappa shape index (κ2) is 7.13. The number of nitrogens with one attached hydrogen (secondary N) is 1. The molecule has 0 amide bonds. The van der Waals surface area contributed by atoms with Crippen LogP contribution < -0.4 is 5.56 Å². The summed E-state index contributed by atoms with van der Waals surface area (Å²) >= 11 is 0. The molecule has 1 aliphatic heterocycles. The van der Waals surface area contributed by atoms with Gasteiger partial charge in [0, 0.05) is 0 Å². The first kappa shape index (κ1) is 16.6. The summed E-state index contributed by atoms with van der Waals surface area (Å²) in [5.41, 5.74) is 0.605. The fourth-order valence-electron chi connectivity index (χ4n) is 3.26. The molecule has 0 spiro atoms. The summed E-state index contributed by atoms with van der Waals surface area (Å²) in [5.74, 6) is 0.562. The van der Waals surface area contributed by atoms with Gasteiger partial charge in [0.2, 0.25) is 0 Å². The van der Waals surface area contributed by atoms with E-state index in [1.165, 1.54) is 0 Å². The zero-order valence-electron chi connectivity index (χ0n) is 14.1. The second-order valence-electron chi connectivity index (χ2n) is 6.21. The van der Waals surface area contributed by atoms with Crippen molar-refractivity contribution in [1.29, 1.82) is 0 Å². The normalized spacial score (nSPS) is 17.8. The van der Waals surface area contributed by atoms with Crippen molar-refractivity contribution in [3.8, 4) is 0 Å². The van der Waals surface area contributed by atoms with Crippen molar-refractivity contribution in [2.24, 2.45) is 5.92 Å². The third-order valence-electron chi connectivity index (χ3n) is 4.72. The van der Waals surface area contributed by atoms with E-state index in [1.807, 2.05) is 32.0 Å². The first-order valence-electron chi connectivity index (χ1n) is 8.49. The maximum Gasteiger partial charge on any atom is 0.309 e. The van der Waals surface area contributed by atoms with Crippen LogP contribution in [0.4, 0.5) is 0 Å². The maximum atomic E-state index is 12.2. The van der Waals surface area contributed by atoms with Gasteiger partial charge in [0.05, 0.1) is 29.5 Å². The van der Waals surface area contributed by atoms with Gasteiger partial charge in [-0.05, 0) is 51.9 Å². The van der Waals surface area contributed by atoms with E-state index in [2.05, 4.69) is 14.9 Å². The summed E-state index contributed by atoms with van der Waals surface area (Å²) < 4.78 is 5.11. The highest BCUT2D eigenvalue weighted by Gasteiger charge is 2.29. The number of hydrogen-bond donors (Lipinski definition) is 1. The Kier molecular flexibility index (Phi) is 4.94. The minimum atomic E-state index is -0.108. The van der Waals surface area contributed by atoms with Gasteiger partial charge in [-0.1, -0.05) is 12.1 Å². The Bertz CT molecular complexity index is 778. The highest BCUT2D eigenvalue weighted by Crippen LogP contribution is 2.25. The molecule has 1 unspecified atom stereocenters. The molecule has 1 saturated heterocycles. The quantitative estimate of drug-likeness (QED) is 0.871. The lowest BCUT2D eigenvalue weighted by Crippen LogP contribution is -2.39. The number of fused-ring (bicyclic) bond motifs is 1. The lowest BCUT2D eigenvalue weighted by atomic mass is 9.96. The van der Waals surface area contributed by atoms with Gasteiger partial charge in [0.1, 0.15) is 5.82 Å². The average molecular weight is 329 g/mol. The predicted molar refractivity (Wildman–Crippen MR) is 91.7 cm³/mol. The smallest absolute Gasteiger partial charge is 0.309 e. The van der Waals surface area contributed by atoms with Crippen molar-refractivity contribution in [2.75, 3.05) is 19.7 Å². The monoisotopic (exact) mass is 329 g/mol. The highest BCUT2D eigenvalue weighted by atomic mass is 16.5. The van der Waals surface area contributed by atoms with Crippen LogP contribution in [-0.2, 0) is 9.53 Å². The molecule has 1 fully saturated rings. The summed E-state index contributed by atoms with van der Waals surface area (Å²) in [7, 11) is 0. The summed E-state index contributed by atoms with van der Waals surface area (Å²) in [6.45, 7) is 5.88. The van der Waals surface area contributed by atoms with Crippen LogP contribution in [-0.4, -0.2) is 40.5 Å². The molecule has 3 rings (SSSR count). The standard InChI is InChI=1S/C18H23N3O3/c1-3-24-18(23)13-8-10-21(11-9-13)12(2)16-19-15-7-5-4-6-14(15)17(22)20-16/h4-7,12-13H,3,8-11H2,1-2H3,(H,19,20,22).